The molecule has 1 aromatic carbocycles. The molecule has 0 spiro atoms. The van der Waals surface area contributed by atoms with Crippen molar-refractivity contribution in [2.24, 2.45) is 5.92 Å². The second-order valence-corrected chi connectivity index (χ2v) is 7.95. The average Bonchev–Trinajstić information content (AvgIpc) is 2.96. The first kappa shape index (κ1) is 17.2. The number of carbonyl (C=O) groups excluding carboxylic acids is 1. The molecule has 1 aromatic rings. The number of ether oxygens (including phenoxy) is 1. The van der Waals surface area contributed by atoms with Crippen LogP contribution in [0.5, 0.6) is 0 Å². The monoisotopic (exact) mass is 399 g/mol. The predicted octanol–water partition coefficient (Wildman–Crippen LogP) is 4.45. The normalized spacial score (nSPS) is 28.4. The lowest BCUT2D eigenvalue weighted by Crippen LogP contribution is -2.44. The van der Waals surface area contributed by atoms with Crippen LogP contribution in [-0.4, -0.2) is 36.6 Å². The molecule has 0 aromatic heterocycles. The van der Waals surface area contributed by atoms with E-state index in [0.29, 0.717) is 24.3 Å². The highest BCUT2D eigenvalue weighted by Crippen LogP contribution is 2.35. The van der Waals surface area contributed by atoms with Crippen molar-refractivity contribution >= 4 is 33.4 Å². The number of rotatable bonds is 4. The van der Waals surface area contributed by atoms with Crippen LogP contribution >= 0.6 is 27.5 Å². The van der Waals surface area contributed by atoms with Gasteiger partial charge in [0.25, 0.3) is 0 Å². The fourth-order valence-electron chi connectivity index (χ4n) is 4.04. The Hall–Kier alpha value is -0.580. The number of hydrogen-bond acceptors (Lipinski definition) is 2. The summed E-state index contributed by atoms with van der Waals surface area (Å²) in [6.45, 7) is 0.924. The van der Waals surface area contributed by atoms with E-state index in [4.69, 9.17) is 16.3 Å². The van der Waals surface area contributed by atoms with Crippen LogP contribution in [0.15, 0.2) is 22.7 Å². The van der Waals surface area contributed by atoms with Crippen LogP contribution in [0.4, 0.5) is 0 Å². The Morgan fingerprint density at radius 3 is 2.87 bits per heavy atom. The van der Waals surface area contributed by atoms with Crippen LogP contribution < -0.4 is 0 Å². The first-order chi connectivity index (χ1) is 11.1. The zero-order chi connectivity index (χ0) is 16.4. The molecule has 1 saturated heterocycles. The van der Waals surface area contributed by atoms with E-state index in [1.165, 1.54) is 0 Å². The van der Waals surface area contributed by atoms with Crippen molar-refractivity contribution in [1.29, 1.82) is 0 Å². The van der Waals surface area contributed by atoms with Crippen molar-refractivity contribution in [3.05, 3.63) is 33.3 Å². The number of halogens is 2. The van der Waals surface area contributed by atoms with Crippen molar-refractivity contribution in [2.75, 3.05) is 13.7 Å². The standard InChI is InChI=1S/C18H23BrClNO2/c1-23-17-7-6-15(21-8-2-3-18(21)22)10-13(17)9-12-4-5-14(19)11-16(12)20/h4-5,11,13,15,17H,2-3,6-10H2,1H3. The number of methoxy groups -OCH3 is 1. The predicted molar refractivity (Wildman–Crippen MR) is 95.7 cm³/mol. The maximum Gasteiger partial charge on any atom is 0.222 e. The van der Waals surface area contributed by atoms with Gasteiger partial charge < -0.3 is 9.64 Å². The zero-order valence-electron chi connectivity index (χ0n) is 13.4. The molecule has 1 aliphatic carbocycles. The van der Waals surface area contributed by atoms with Crippen LogP contribution in [0.1, 0.15) is 37.7 Å². The van der Waals surface area contributed by atoms with E-state index in [2.05, 4.69) is 26.9 Å². The summed E-state index contributed by atoms with van der Waals surface area (Å²) in [5.74, 6) is 0.733. The summed E-state index contributed by atoms with van der Waals surface area (Å²) in [5, 5.41) is 0.800. The molecule has 126 valence electrons. The third kappa shape index (κ3) is 3.92. The maximum atomic E-state index is 12.0. The van der Waals surface area contributed by atoms with Gasteiger partial charge in [-0.3, -0.25) is 4.79 Å². The van der Waals surface area contributed by atoms with Gasteiger partial charge in [0.15, 0.2) is 0 Å². The van der Waals surface area contributed by atoms with E-state index in [-0.39, 0.29) is 6.10 Å². The van der Waals surface area contributed by atoms with Gasteiger partial charge in [-0.1, -0.05) is 33.6 Å². The number of amides is 1. The minimum Gasteiger partial charge on any atom is -0.381 e. The quantitative estimate of drug-likeness (QED) is 0.747. The van der Waals surface area contributed by atoms with E-state index in [1.54, 1.807) is 7.11 Å². The lowest BCUT2D eigenvalue weighted by atomic mass is 9.79. The molecule has 2 fully saturated rings. The van der Waals surface area contributed by atoms with Gasteiger partial charge in [0, 0.05) is 35.6 Å². The summed E-state index contributed by atoms with van der Waals surface area (Å²) in [4.78, 5) is 14.1. The minimum atomic E-state index is 0.253. The molecule has 3 rings (SSSR count). The van der Waals surface area contributed by atoms with Gasteiger partial charge in [0.2, 0.25) is 5.91 Å². The fourth-order valence-corrected chi connectivity index (χ4v) is 4.80. The SMILES string of the molecule is COC1CCC(N2CCCC2=O)CC1Cc1ccc(Br)cc1Cl. The highest BCUT2D eigenvalue weighted by molar-refractivity contribution is 9.10. The third-order valence-corrected chi connectivity index (χ3v) is 6.08. The van der Waals surface area contributed by atoms with Crippen molar-refractivity contribution in [1.82, 2.24) is 4.90 Å². The van der Waals surface area contributed by atoms with Gasteiger partial charge >= 0.3 is 0 Å². The number of benzene rings is 1. The van der Waals surface area contributed by atoms with Crippen molar-refractivity contribution < 1.29 is 9.53 Å². The first-order valence-corrected chi connectivity index (χ1v) is 9.51. The summed E-state index contributed by atoms with van der Waals surface area (Å²) in [5.41, 5.74) is 1.16. The van der Waals surface area contributed by atoms with E-state index >= 15 is 0 Å². The van der Waals surface area contributed by atoms with Gasteiger partial charge in [-0.15, -0.1) is 0 Å². The molecule has 1 aliphatic heterocycles. The van der Waals surface area contributed by atoms with E-state index in [1.807, 2.05) is 12.1 Å². The Kier molecular flexibility index (Phi) is 5.65. The molecule has 5 heteroatoms. The molecule has 1 amide bonds. The summed E-state index contributed by atoms with van der Waals surface area (Å²) in [6.07, 6.45) is 5.96. The van der Waals surface area contributed by atoms with Crippen LogP contribution in [-0.2, 0) is 16.0 Å². The highest BCUT2D eigenvalue weighted by Gasteiger charge is 2.36. The molecular weight excluding hydrogens is 378 g/mol. The highest BCUT2D eigenvalue weighted by atomic mass is 79.9. The Morgan fingerprint density at radius 1 is 1.39 bits per heavy atom. The Balaban J connectivity index is 1.73. The summed E-state index contributed by atoms with van der Waals surface area (Å²) < 4.78 is 6.72. The molecule has 3 nitrogen and oxygen atoms in total. The number of likely N-dealkylation sites (tertiary alicyclic amines) is 1. The van der Waals surface area contributed by atoms with Crippen molar-refractivity contribution in [2.45, 2.75) is 50.7 Å². The van der Waals surface area contributed by atoms with Crippen LogP contribution in [0.2, 0.25) is 5.02 Å². The summed E-state index contributed by atoms with van der Waals surface area (Å²) in [6, 6.07) is 6.44. The Labute approximate surface area is 151 Å². The summed E-state index contributed by atoms with van der Waals surface area (Å²) >= 11 is 9.85. The molecule has 3 unspecified atom stereocenters. The largest absolute Gasteiger partial charge is 0.381 e. The molecule has 1 saturated carbocycles. The fraction of sp³-hybridized carbons (Fsp3) is 0.611. The molecule has 0 bridgehead atoms. The third-order valence-electron chi connectivity index (χ3n) is 5.24. The summed E-state index contributed by atoms with van der Waals surface area (Å²) in [7, 11) is 1.79. The lowest BCUT2D eigenvalue weighted by Gasteiger charge is -2.39. The van der Waals surface area contributed by atoms with Gasteiger partial charge in [-0.05, 0) is 55.7 Å². The van der Waals surface area contributed by atoms with Crippen LogP contribution in [0.25, 0.3) is 0 Å². The molecule has 3 atom stereocenters. The molecular formula is C18H23BrClNO2. The van der Waals surface area contributed by atoms with Gasteiger partial charge in [0.05, 0.1) is 6.10 Å². The smallest absolute Gasteiger partial charge is 0.222 e. The average molecular weight is 401 g/mol. The number of hydrogen-bond donors (Lipinski definition) is 0. The topological polar surface area (TPSA) is 29.5 Å². The Morgan fingerprint density at radius 2 is 2.22 bits per heavy atom. The molecule has 0 radical (unpaired) electrons. The van der Waals surface area contributed by atoms with Crippen LogP contribution in [0, 0.1) is 5.92 Å². The lowest BCUT2D eigenvalue weighted by molar-refractivity contribution is -0.131. The first-order valence-electron chi connectivity index (χ1n) is 8.34. The number of carbonyl (C=O) groups is 1. The Bertz CT molecular complexity index is 580. The van der Waals surface area contributed by atoms with Crippen LogP contribution in [0.3, 0.4) is 0 Å². The molecule has 23 heavy (non-hydrogen) atoms. The van der Waals surface area contributed by atoms with Crippen molar-refractivity contribution in [3.8, 4) is 0 Å². The van der Waals surface area contributed by atoms with Gasteiger partial charge in [-0.25, -0.2) is 0 Å². The van der Waals surface area contributed by atoms with E-state index in [9.17, 15) is 4.79 Å². The zero-order valence-corrected chi connectivity index (χ0v) is 15.8. The van der Waals surface area contributed by atoms with E-state index in [0.717, 1.165) is 53.7 Å². The molecule has 1 heterocycles. The van der Waals surface area contributed by atoms with E-state index < -0.39 is 0 Å². The second kappa shape index (κ2) is 7.54. The van der Waals surface area contributed by atoms with Gasteiger partial charge in [-0.2, -0.15) is 0 Å². The van der Waals surface area contributed by atoms with Crippen molar-refractivity contribution in [3.63, 3.8) is 0 Å². The molecule has 0 N–H and O–H groups in total. The van der Waals surface area contributed by atoms with Gasteiger partial charge in [0.1, 0.15) is 0 Å². The maximum absolute atomic E-state index is 12.0. The molecule has 2 aliphatic rings. The minimum absolute atomic E-state index is 0.253. The second-order valence-electron chi connectivity index (χ2n) is 6.63. The number of nitrogens with zero attached hydrogens (tertiary/aromatic N) is 1.